The van der Waals surface area contributed by atoms with Crippen LogP contribution in [0.15, 0.2) is 83.8 Å². The van der Waals surface area contributed by atoms with E-state index in [1.54, 1.807) is 31.2 Å². The Balaban J connectivity index is 1.63. The Bertz CT molecular complexity index is 1390. The fraction of sp³-hybridized carbons (Fsp3) is 0.355. The zero-order valence-corrected chi connectivity index (χ0v) is 24.5. The molecule has 212 valence electrons. The fourth-order valence-electron chi connectivity index (χ4n) is 4.94. The number of halogens is 1. The Kier molecular flexibility index (Phi) is 9.87. The molecule has 1 N–H and O–H groups in total. The maximum absolute atomic E-state index is 13.9. The van der Waals surface area contributed by atoms with Gasteiger partial charge in [-0.05, 0) is 75.1 Å². The van der Waals surface area contributed by atoms with Gasteiger partial charge in [-0.15, -0.1) is 0 Å². The first-order valence-electron chi connectivity index (χ1n) is 13.6. The molecule has 1 aliphatic rings. The van der Waals surface area contributed by atoms with E-state index in [9.17, 15) is 18.0 Å². The van der Waals surface area contributed by atoms with Crippen LogP contribution in [-0.4, -0.2) is 50.3 Å². The van der Waals surface area contributed by atoms with Gasteiger partial charge in [-0.1, -0.05) is 72.5 Å². The highest BCUT2D eigenvalue weighted by Gasteiger charge is 2.33. The van der Waals surface area contributed by atoms with Crippen molar-refractivity contribution in [3.8, 4) is 0 Å². The van der Waals surface area contributed by atoms with Gasteiger partial charge in [0.15, 0.2) is 0 Å². The van der Waals surface area contributed by atoms with Crippen LogP contribution in [0.1, 0.15) is 43.7 Å². The molecule has 40 heavy (non-hydrogen) atoms. The van der Waals surface area contributed by atoms with Gasteiger partial charge in [0.25, 0.3) is 10.0 Å². The fourth-order valence-corrected chi connectivity index (χ4v) is 6.48. The molecule has 1 fully saturated rings. The second-order valence-electron chi connectivity index (χ2n) is 10.3. The van der Waals surface area contributed by atoms with Crippen LogP contribution in [0.5, 0.6) is 0 Å². The number of aryl methyl sites for hydroxylation is 1. The third kappa shape index (κ3) is 7.43. The van der Waals surface area contributed by atoms with E-state index in [-0.39, 0.29) is 23.4 Å². The molecular formula is C31H36ClN3O4S. The summed E-state index contributed by atoms with van der Waals surface area (Å²) in [6, 6.07) is 21.9. The molecule has 3 aromatic rings. The van der Waals surface area contributed by atoms with Gasteiger partial charge in [0, 0.05) is 17.6 Å². The van der Waals surface area contributed by atoms with Crippen molar-refractivity contribution in [2.45, 2.75) is 62.9 Å². The lowest BCUT2D eigenvalue weighted by Crippen LogP contribution is -2.53. The number of hydrogen-bond donors (Lipinski definition) is 1. The number of hydrogen-bond acceptors (Lipinski definition) is 4. The molecule has 0 bridgehead atoms. The average Bonchev–Trinajstić information content (AvgIpc) is 3.46. The molecule has 4 rings (SSSR count). The van der Waals surface area contributed by atoms with Gasteiger partial charge in [-0.25, -0.2) is 8.42 Å². The first-order chi connectivity index (χ1) is 19.1. The van der Waals surface area contributed by atoms with Crippen LogP contribution >= 0.6 is 11.6 Å². The highest BCUT2D eigenvalue weighted by molar-refractivity contribution is 7.92. The van der Waals surface area contributed by atoms with Crippen molar-refractivity contribution in [2.75, 3.05) is 17.4 Å². The van der Waals surface area contributed by atoms with Gasteiger partial charge in [0.1, 0.15) is 12.6 Å². The summed E-state index contributed by atoms with van der Waals surface area (Å²) in [6.07, 6.45) is 4.53. The lowest BCUT2D eigenvalue weighted by Gasteiger charge is -2.32. The van der Waals surface area contributed by atoms with Crippen molar-refractivity contribution >= 4 is 39.1 Å². The summed E-state index contributed by atoms with van der Waals surface area (Å²) in [5.74, 6) is -0.682. The molecule has 0 spiro atoms. The number of nitrogens with one attached hydrogen (secondary N) is 1. The van der Waals surface area contributed by atoms with E-state index in [0.29, 0.717) is 17.1 Å². The molecule has 0 heterocycles. The molecule has 0 saturated heterocycles. The Morgan fingerprint density at radius 1 is 0.950 bits per heavy atom. The van der Waals surface area contributed by atoms with Gasteiger partial charge >= 0.3 is 0 Å². The molecule has 0 aromatic heterocycles. The minimum Gasteiger partial charge on any atom is -0.352 e. The Morgan fingerprint density at radius 3 is 2.20 bits per heavy atom. The van der Waals surface area contributed by atoms with Crippen LogP contribution in [0.4, 0.5) is 5.69 Å². The predicted octanol–water partition coefficient (Wildman–Crippen LogP) is 5.36. The highest BCUT2D eigenvalue weighted by atomic mass is 35.5. The summed E-state index contributed by atoms with van der Waals surface area (Å²) in [7, 11) is -4.12. The monoisotopic (exact) mass is 581 g/mol. The molecule has 2 amide bonds. The van der Waals surface area contributed by atoms with Crippen LogP contribution in [0, 0.1) is 6.92 Å². The Morgan fingerprint density at radius 2 is 1.57 bits per heavy atom. The van der Waals surface area contributed by atoms with Crippen molar-refractivity contribution in [1.29, 1.82) is 0 Å². The molecule has 1 aliphatic carbocycles. The maximum atomic E-state index is 13.9. The van der Waals surface area contributed by atoms with Gasteiger partial charge < -0.3 is 10.2 Å². The summed E-state index contributed by atoms with van der Waals surface area (Å²) in [5, 5.41) is 3.50. The number of sulfonamides is 1. The van der Waals surface area contributed by atoms with Crippen LogP contribution in [0.3, 0.4) is 0 Å². The summed E-state index contributed by atoms with van der Waals surface area (Å²) in [4.78, 5) is 28.7. The minimum absolute atomic E-state index is 0.0214. The third-order valence-corrected chi connectivity index (χ3v) is 9.40. The number of nitrogens with zero attached hydrogens (tertiary/aromatic N) is 2. The third-order valence-electron chi connectivity index (χ3n) is 7.36. The molecule has 9 heteroatoms. The number of carbonyl (C=O) groups is 2. The van der Waals surface area contributed by atoms with Crippen molar-refractivity contribution in [1.82, 2.24) is 10.2 Å². The van der Waals surface area contributed by atoms with E-state index >= 15 is 0 Å². The summed E-state index contributed by atoms with van der Waals surface area (Å²) >= 11 is 6.01. The molecule has 7 nitrogen and oxygen atoms in total. The standard InChI is InChI=1S/C31H36ClN3O4S/c1-23-12-16-28(17-13-23)35(40(38,39)29-18-14-26(32)15-19-29)22-30(36)34(21-20-25-8-4-3-5-9-25)24(2)31(37)33-27-10-6-7-11-27/h3-5,8-9,12-19,24,27H,6-7,10-11,20-22H2,1-2H3,(H,33,37)/t24-/m0/s1. The number of anilines is 1. The molecule has 1 atom stereocenters. The largest absolute Gasteiger partial charge is 0.352 e. The Hall–Kier alpha value is -3.36. The molecule has 0 radical (unpaired) electrons. The minimum atomic E-state index is -4.12. The highest BCUT2D eigenvalue weighted by Crippen LogP contribution is 2.26. The van der Waals surface area contributed by atoms with Crippen molar-refractivity contribution in [3.63, 3.8) is 0 Å². The average molecular weight is 582 g/mol. The van der Waals surface area contributed by atoms with E-state index in [4.69, 9.17) is 11.6 Å². The van der Waals surface area contributed by atoms with Crippen LogP contribution < -0.4 is 9.62 Å². The van der Waals surface area contributed by atoms with E-state index in [1.165, 1.54) is 29.2 Å². The summed E-state index contributed by atoms with van der Waals surface area (Å²) in [6.45, 7) is 3.43. The molecular weight excluding hydrogens is 546 g/mol. The van der Waals surface area contributed by atoms with Crippen molar-refractivity contribution in [2.24, 2.45) is 0 Å². The van der Waals surface area contributed by atoms with Crippen LogP contribution in [0.25, 0.3) is 0 Å². The van der Waals surface area contributed by atoms with Gasteiger partial charge in [0.2, 0.25) is 11.8 Å². The van der Waals surface area contributed by atoms with E-state index in [2.05, 4.69) is 5.32 Å². The molecule has 1 saturated carbocycles. The van der Waals surface area contributed by atoms with Gasteiger partial charge in [-0.3, -0.25) is 13.9 Å². The van der Waals surface area contributed by atoms with Crippen LogP contribution in [0.2, 0.25) is 5.02 Å². The van der Waals surface area contributed by atoms with Crippen molar-refractivity contribution < 1.29 is 18.0 Å². The summed E-state index contributed by atoms with van der Waals surface area (Å²) < 4.78 is 28.8. The number of benzene rings is 3. The number of amides is 2. The van der Waals surface area contributed by atoms with Crippen LogP contribution in [-0.2, 0) is 26.0 Å². The lowest BCUT2D eigenvalue weighted by atomic mass is 10.1. The maximum Gasteiger partial charge on any atom is 0.264 e. The van der Waals surface area contributed by atoms with Gasteiger partial charge in [-0.2, -0.15) is 0 Å². The number of carbonyl (C=O) groups excluding carboxylic acids is 2. The molecule has 0 unspecified atom stereocenters. The predicted molar refractivity (Wildman–Crippen MR) is 159 cm³/mol. The lowest BCUT2D eigenvalue weighted by molar-refractivity contribution is -0.139. The quantitative estimate of drug-likeness (QED) is 0.330. The zero-order chi connectivity index (χ0) is 28.7. The zero-order valence-electron chi connectivity index (χ0n) is 22.9. The Labute approximate surface area is 242 Å². The normalized spacial score (nSPS) is 14.5. The first kappa shape index (κ1) is 29.6. The van der Waals surface area contributed by atoms with E-state index in [1.807, 2.05) is 37.3 Å². The van der Waals surface area contributed by atoms with Crippen molar-refractivity contribution in [3.05, 3.63) is 95.0 Å². The second kappa shape index (κ2) is 13.3. The first-order valence-corrected chi connectivity index (χ1v) is 15.5. The van der Waals surface area contributed by atoms with E-state index < -0.39 is 28.5 Å². The smallest absolute Gasteiger partial charge is 0.264 e. The molecule has 0 aliphatic heterocycles. The molecule has 3 aromatic carbocycles. The summed E-state index contributed by atoms with van der Waals surface area (Å²) in [5.41, 5.74) is 2.34. The topological polar surface area (TPSA) is 86.8 Å². The van der Waals surface area contributed by atoms with E-state index in [0.717, 1.165) is 41.1 Å². The SMILES string of the molecule is Cc1ccc(N(CC(=O)N(CCc2ccccc2)[C@@H](C)C(=O)NC2CCCC2)S(=O)(=O)c2ccc(Cl)cc2)cc1. The van der Waals surface area contributed by atoms with Gasteiger partial charge in [0.05, 0.1) is 10.6 Å². The number of rotatable bonds is 11. The second-order valence-corrected chi connectivity index (χ2v) is 12.6.